The third kappa shape index (κ3) is 4.79. The molecule has 1 aliphatic heterocycles. The van der Waals surface area contributed by atoms with Crippen LogP contribution in [0.4, 0.5) is 11.4 Å². The van der Waals surface area contributed by atoms with Gasteiger partial charge in [-0.3, -0.25) is 15.0 Å². The molecule has 0 bridgehead atoms. The van der Waals surface area contributed by atoms with Crippen molar-refractivity contribution in [2.75, 3.05) is 17.3 Å². The van der Waals surface area contributed by atoms with E-state index < -0.39 is 27.8 Å². The molecule has 30 heavy (non-hydrogen) atoms. The Bertz CT molecular complexity index is 1160. The number of primary amides is 1. The Morgan fingerprint density at radius 1 is 1.13 bits per heavy atom. The van der Waals surface area contributed by atoms with E-state index in [0.29, 0.717) is 16.9 Å². The second-order valence-corrected chi connectivity index (χ2v) is 7.77. The number of amides is 2. The van der Waals surface area contributed by atoms with Gasteiger partial charge in [0.2, 0.25) is 15.9 Å². The SMILES string of the molecule is NC(=O)CCOC(=O)c1ccc2c(c1)C(=NNc1ccc(S(N)(=O)=O)cc1)C(=O)N2. The third-order valence-corrected chi connectivity index (χ3v) is 4.96. The van der Waals surface area contributed by atoms with E-state index in [0.717, 1.165) is 0 Å². The maximum atomic E-state index is 12.2. The fourth-order valence-electron chi connectivity index (χ4n) is 2.56. The lowest BCUT2D eigenvalue weighted by atomic mass is 10.1. The highest BCUT2D eigenvalue weighted by molar-refractivity contribution is 7.89. The van der Waals surface area contributed by atoms with Crippen LogP contribution in [0.15, 0.2) is 52.5 Å². The Hall–Kier alpha value is -3.77. The summed E-state index contributed by atoms with van der Waals surface area (Å²) in [7, 11) is -3.82. The van der Waals surface area contributed by atoms with Crippen molar-refractivity contribution in [2.24, 2.45) is 16.0 Å². The number of ether oxygens (including phenoxy) is 1. The van der Waals surface area contributed by atoms with E-state index in [1.54, 1.807) is 0 Å². The number of hydrogen-bond acceptors (Lipinski definition) is 8. The molecule has 11 nitrogen and oxygen atoms in total. The Morgan fingerprint density at radius 2 is 1.83 bits per heavy atom. The van der Waals surface area contributed by atoms with Crippen LogP contribution in [-0.2, 0) is 24.3 Å². The summed E-state index contributed by atoms with van der Waals surface area (Å²) < 4.78 is 27.6. The molecule has 0 aliphatic carbocycles. The molecular formula is C18H17N5O6S. The Kier molecular flexibility index (Phi) is 5.80. The van der Waals surface area contributed by atoms with Crippen LogP contribution >= 0.6 is 0 Å². The van der Waals surface area contributed by atoms with Gasteiger partial charge in [0, 0.05) is 5.56 Å². The summed E-state index contributed by atoms with van der Waals surface area (Å²) in [6, 6.07) is 9.88. The zero-order chi connectivity index (χ0) is 21.9. The van der Waals surface area contributed by atoms with Gasteiger partial charge in [-0.15, -0.1) is 0 Å². The molecule has 2 amide bonds. The number of nitrogens with two attached hydrogens (primary N) is 2. The molecule has 0 unspecified atom stereocenters. The molecule has 0 fully saturated rings. The quantitative estimate of drug-likeness (QED) is 0.355. The molecule has 0 atom stereocenters. The largest absolute Gasteiger partial charge is 0.462 e. The van der Waals surface area contributed by atoms with E-state index in [1.165, 1.54) is 42.5 Å². The number of nitrogens with zero attached hydrogens (tertiary/aromatic N) is 1. The van der Waals surface area contributed by atoms with Crippen molar-refractivity contribution in [1.29, 1.82) is 0 Å². The zero-order valence-electron chi connectivity index (χ0n) is 15.4. The molecule has 1 aliphatic rings. The van der Waals surface area contributed by atoms with Gasteiger partial charge in [-0.1, -0.05) is 0 Å². The molecule has 2 aromatic rings. The number of primary sulfonamides is 1. The number of hydrazone groups is 1. The number of benzene rings is 2. The van der Waals surface area contributed by atoms with Crippen LogP contribution in [0.2, 0.25) is 0 Å². The van der Waals surface area contributed by atoms with Gasteiger partial charge in [-0.05, 0) is 42.5 Å². The molecule has 12 heteroatoms. The first kappa shape index (κ1) is 21.0. The zero-order valence-corrected chi connectivity index (χ0v) is 16.2. The lowest BCUT2D eigenvalue weighted by molar-refractivity contribution is -0.118. The van der Waals surface area contributed by atoms with Crippen molar-refractivity contribution < 1.29 is 27.5 Å². The van der Waals surface area contributed by atoms with E-state index in [1.807, 2.05) is 0 Å². The third-order valence-electron chi connectivity index (χ3n) is 4.03. The number of nitrogens with one attached hydrogen (secondary N) is 2. The predicted octanol–water partition coefficient (Wildman–Crippen LogP) is 0.134. The highest BCUT2D eigenvalue weighted by Gasteiger charge is 2.27. The first-order valence-corrected chi connectivity index (χ1v) is 10.1. The van der Waals surface area contributed by atoms with Crippen molar-refractivity contribution in [2.45, 2.75) is 11.3 Å². The molecule has 0 spiro atoms. The summed E-state index contributed by atoms with van der Waals surface area (Å²) >= 11 is 0. The molecular weight excluding hydrogens is 414 g/mol. The van der Waals surface area contributed by atoms with Crippen LogP contribution in [0.1, 0.15) is 22.3 Å². The van der Waals surface area contributed by atoms with Crippen molar-refractivity contribution in [3.8, 4) is 0 Å². The number of hydrogen-bond donors (Lipinski definition) is 4. The molecule has 3 rings (SSSR count). The first-order chi connectivity index (χ1) is 14.1. The van der Waals surface area contributed by atoms with Crippen LogP contribution in [0, 0.1) is 0 Å². The standard InChI is InChI=1S/C18H17N5O6S/c19-15(24)7-8-29-18(26)10-1-6-14-13(9-10)16(17(25)21-14)23-22-11-2-4-12(5-3-11)30(20,27)28/h1-6,9,22H,7-8H2,(H2,19,24)(H2,20,27,28)(H,21,23,25). The smallest absolute Gasteiger partial charge is 0.338 e. The van der Waals surface area contributed by atoms with Gasteiger partial charge in [0.05, 0.1) is 28.3 Å². The summed E-state index contributed by atoms with van der Waals surface area (Å²) in [5.41, 5.74) is 9.09. The van der Waals surface area contributed by atoms with E-state index >= 15 is 0 Å². The molecule has 156 valence electrons. The number of carbonyl (C=O) groups excluding carboxylic acids is 3. The topological polar surface area (TPSA) is 183 Å². The number of esters is 1. The lowest BCUT2D eigenvalue weighted by Crippen LogP contribution is -2.17. The fourth-order valence-corrected chi connectivity index (χ4v) is 3.07. The Labute approximate surface area is 171 Å². The fraction of sp³-hybridized carbons (Fsp3) is 0.111. The van der Waals surface area contributed by atoms with Crippen LogP contribution < -0.4 is 21.6 Å². The monoisotopic (exact) mass is 431 g/mol. The summed E-state index contributed by atoms with van der Waals surface area (Å²) in [6.07, 6.45) is -0.0996. The summed E-state index contributed by atoms with van der Waals surface area (Å²) in [5.74, 6) is -1.76. The highest BCUT2D eigenvalue weighted by Crippen LogP contribution is 2.25. The minimum atomic E-state index is -3.82. The molecule has 0 saturated heterocycles. The average Bonchev–Trinajstić information content (AvgIpc) is 2.99. The minimum Gasteiger partial charge on any atom is -0.462 e. The van der Waals surface area contributed by atoms with Crippen molar-refractivity contribution in [3.63, 3.8) is 0 Å². The van der Waals surface area contributed by atoms with Gasteiger partial charge in [0.25, 0.3) is 5.91 Å². The first-order valence-electron chi connectivity index (χ1n) is 8.53. The van der Waals surface area contributed by atoms with Gasteiger partial charge in [-0.2, -0.15) is 5.10 Å². The lowest BCUT2D eigenvalue weighted by Gasteiger charge is -2.06. The van der Waals surface area contributed by atoms with Crippen LogP contribution in [0.5, 0.6) is 0 Å². The maximum Gasteiger partial charge on any atom is 0.338 e. The number of sulfonamides is 1. The van der Waals surface area contributed by atoms with Crippen LogP contribution in [0.25, 0.3) is 0 Å². The van der Waals surface area contributed by atoms with Crippen LogP contribution in [0.3, 0.4) is 0 Å². The number of anilines is 2. The van der Waals surface area contributed by atoms with E-state index in [-0.39, 0.29) is 29.2 Å². The normalized spacial score (nSPS) is 14.2. The Morgan fingerprint density at radius 3 is 2.47 bits per heavy atom. The maximum absolute atomic E-state index is 12.2. The van der Waals surface area contributed by atoms with E-state index in [4.69, 9.17) is 15.6 Å². The molecule has 0 radical (unpaired) electrons. The number of fused-ring (bicyclic) bond motifs is 1. The van der Waals surface area contributed by atoms with Gasteiger partial charge in [-0.25, -0.2) is 18.4 Å². The number of rotatable bonds is 7. The van der Waals surface area contributed by atoms with Gasteiger partial charge < -0.3 is 15.8 Å². The molecule has 0 saturated carbocycles. The molecule has 0 aromatic heterocycles. The molecule has 6 N–H and O–H groups in total. The second-order valence-electron chi connectivity index (χ2n) is 6.21. The van der Waals surface area contributed by atoms with Crippen molar-refractivity contribution >= 4 is 44.9 Å². The summed E-state index contributed by atoms with van der Waals surface area (Å²) in [4.78, 5) is 35.0. The minimum absolute atomic E-state index is 0.0207. The van der Waals surface area contributed by atoms with Crippen LogP contribution in [-0.4, -0.2) is 38.5 Å². The van der Waals surface area contributed by atoms with Gasteiger partial charge >= 0.3 is 5.97 Å². The molecule has 1 heterocycles. The second kappa shape index (κ2) is 8.31. The highest BCUT2D eigenvalue weighted by atomic mass is 32.2. The van der Waals surface area contributed by atoms with Crippen molar-refractivity contribution in [3.05, 3.63) is 53.6 Å². The van der Waals surface area contributed by atoms with E-state index in [9.17, 15) is 22.8 Å². The predicted molar refractivity (Wildman–Crippen MR) is 107 cm³/mol. The summed E-state index contributed by atoms with van der Waals surface area (Å²) in [5, 5.41) is 11.7. The van der Waals surface area contributed by atoms with Gasteiger partial charge in [0.1, 0.15) is 6.61 Å². The van der Waals surface area contributed by atoms with Crippen molar-refractivity contribution in [1.82, 2.24) is 0 Å². The average molecular weight is 431 g/mol. The number of carbonyl (C=O) groups is 3. The van der Waals surface area contributed by atoms with E-state index in [2.05, 4.69) is 15.8 Å². The summed E-state index contributed by atoms with van der Waals surface area (Å²) in [6.45, 7) is -0.153. The Balaban J connectivity index is 1.78. The molecule has 2 aromatic carbocycles. The van der Waals surface area contributed by atoms with Gasteiger partial charge in [0.15, 0.2) is 5.71 Å².